The average molecular weight is 273 g/mol. The van der Waals surface area contributed by atoms with Crippen LogP contribution in [0.3, 0.4) is 0 Å². The molecule has 0 atom stereocenters. The van der Waals surface area contributed by atoms with Crippen LogP contribution >= 0.6 is 0 Å². The maximum Gasteiger partial charge on any atom is 0.0970 e. The summed E-state index contributed by atoms with van der Waals surface area (Å²) in [4.78, 5) is 0. The second-order valence-corrected chi connectivity index (χ2v) is 5.16. The molecule has 1 aromatic carbocycles. The molecule has 0 bridgehead atoms. The van der Waals surface area contributed by atoms with Gasteiger partial charge in [0.15, 0.2) is 0 Å². The third-order valence-electron chi connectivity index (χ3n) is 3.34. The van der Waals surface area contributed by atoms with Crippen LogP contribution in [0.15, 0.2) is 24.4 Å². The molecular weight excluding hydrogens is 250 g/mol. The van der Waals surface area contributed by atoms with Gasteiger partial charge in [-0.05, 0) is 19.4 Å². The van der Waals surface area contributed by atoms with Crippen LogP contribution in [0.2, 0.25) is 0 Å². The molecule has 1 aromatic heterocycles. The molecule has 0 aliphatic carbocycles. The van der Waals surface area contributed by atoms with E-state index in [0.717, 1.165) is 25.4 Å². The summed E-state index contributed by atoms with van der Waals surface area (Å²) >= 11 is 0. The van der Waals surface area contributed by atoms with Gasteiger partial charge in [0, 0.05) is 44.6 Å². The van der Waals surface area contributed by atoms with Crippen LogP contribution in [0, 0.1) is 13.8 Å². The molecule has 108 valence electrons. The minimum absolute atomic E-state index is 0.721. The number of aryl methyl sites for hydroxylation is 3. The smallest absolute Gasteiger partial charge is 0.0970 e. The summed E-state index contributed by atoms with van der Waals surface area (Å²) in [6.07, 6.45) is 2.08. The highest BCUT2D eigenvalue weighted by atomic mass is 16.5. The zero-order chi connectivity index (χ0) is 14.5. The Morgan fingerprint density at radius 3 is 2.80 bits per heavy atom. The van der Waals surface area contributed by atoms with Crippen LogP contribution < -0.4 is 5.32 Å². The van der Waals surface area contributed by atoms with E-state index in [2.05, 4.69) is 48.7 Å². The Morgan fingerprint density at radius 2 is 2.10 bits per heavy atom. The maximum absolute atomic E-state index is 5.05. The van der Waals surface area contributed by atoms with E-state index in [9.17, 15) is 0 Å². The molecule has 0 aliphatic rings. The monoisotopic (exact) mass is 273 g/mol. The Labute approximate surface area is 120 Å². The van der Waals surface area contributed by atoms with Crippen LogP contribution in [-0.4, -0.2) is 30.0 Å². The minimum Gasteiger partial charge on any atom is -0.383 e. The summed E-state index contributed by atoms with van der Waals surface area (Å²) in [5.74, 6) is 0. The summed E-state index contributed by atoms with van der Waals surface area (Å²) in [5, 5.41) is 7.99. The summed E-state index contributed by atoms with van der Waals surface area (Å²) in [6, 6.07) is 6.50. The third kappa shape index (κ3) is 3.46. The number of nitrogens with zero attached hydrogens (tertiary/aromatic N) is 2. The normalized spacial score (nSPS) is 11.0. The van der Waals surface area contributed by atoms with E-state index in [1.807, 2.05) is 11.7 Å². The van der Waals surface area contributed by atoms with Crippen molar-refractivity contribution in [2.24, 2.45) is 7.05 Å². The highest BCUT2D eigenvalue weighted by molar-refractivity contribution is 5.66. The van der Waals surface area contributed by atoms with Crippen LogP contribution in [-0.2, 0) is 18.3 Å². The van der Waals surface area contributed by atoms with Gasteiger partial charge in [0.2, 0.25) is 0 Å². The third-order valence-corrected chi connectivity index (χ3v) is 3.34. The summed E-state index contributed by atoms with van der Waals surface area (Å²) in [5.41, 5.74) is 6.04. The SMILES string of the molecule is COCCNCc1cn(C)nc1-c1ccc(C)cc1C. The Bertz CT molecular complexity index is 575. The molecule has 4 heteroatoms. The van der Waals surface area contributed by atoms with Gasteiger partial charge in [-0.2, -0.15) is 5.10 Å². The molecule has 0 spiro atoms. The Morgan fingerprint density at radius 1 is 1.30 bits per heavy atom. The molecule has 2 rings (SSSR count). The molecular formula is C16H23N3O. The van der Waals surface area contributed by atoms with E-state index >= 15 is 0 Å². The lowest BCUT2D eigenvalue weighted by atomic mass is 10.0. The van der Waals surface area contributed by atoms with Crippen LogP contribution in [0.1, 0.15) is 16.7 Å². The fraction of sp³-hybridized carbons (Fsp3) is 0.438. The van der Waals surface area contributed by atoms with Crippen molar-refractivity contribution in [1.82, 2.24) is 15.1 Å². The molecule has 0 saturated heterocycles. The van der Waals surface area contributed by atoms with Gasteiger partial charge in [0.25, 0.3) is 0 Å². The van der Waals surface area contributed by atoms with Gasteiger partial charge in [0.05, 0.1) is 12.3 Å². The molecule has 0 aliphatic heterocycles. The van der Waals surface area contributed by atoms with Crippen LogP contribution in [0.4, 0.5) is 0 Å². The second kappa shape index (κ2) is 6.68. The van der Waals surface area contributed by atoms with Gasteiger partial charge >= 0.3 is 0 Å². The Hall–Kier alpha value is -1.65. The molecule has 1 heterocycles. The number of hydrogen-bond acceptors (Lipinski definition) is 3. The van der Waals surface area contributed by atoms with Crippen LogP contribution in [0.25, 0.3) is 11.3 Å². The molecule has 0 fully saturated rings. The molecule has 4 nitrogen and oxygen atoms in total. The van der Waals surface area contributed by atoms with E-state index < -0.39 is 0 Å². The molecule has 0 radical (unpaired) electrons. The largest absolute Gasteiger partial charge is 0.383 e. The van der Waals surface area contributed by atoms with E-state index in [0.29, 0.717) is 0 Å². The highest BCUT2D eigenvalue weighted by Gasteiger charge is 2.12. The molecule has 0 saturated carbocycles. The Balaban J connectivity index is 2.22. The predicted octanol–water partition coefficient (Wildman–Crippen LogP) is 2.44. The van der Waals surface area contributed by atoms with Crippen molar-refractivity contribution in [2.45, 2.75) is 20.4 Å². The minimum atomic E-state index is 0.721. The lowest BCUT2D eigenvalue weighted by molar-refractivity contribution is 0.199. The molecule has 0 unspecified atom stereocenters. The Kier molecular flexibility index (Phi) is 4.93. The number of nitrogens with one attached hydrogen (secondary N) is 1. The number of benzene rings is 1. The van der Waals surface area contributed by atoms with E-state index in [-0.39, 0.29) is 0 Å². The van der Waals surface area contributed by atoms with E-state index in [4.69, 9.17) is 4.74 Å². The zero-order valence-electron chi connectivity index (χ0n) is 12.7. The fourth-order valence-electron chi connectivity index (χ4n) is 2.37. The molecule has 1 N–H and O–H groups in total. The molecule has 20 heavy (non-hydrogen) atoms. The zero-order valence-corrected chi connectivity index (χ0v) is 12.7. The quantitative estimate of drug-likeness (QED) is 0.822. The fourth-order valence-corrected chi connectivity index (χ4v) is 2.37. The molecule has 2 aromatic rings. The lowest BCUT2D eigenvalue weighted by Gasteiger charge is -2.08. The van der Waals surface area contributed by atoms with Gasteiger partial charge in [-0.15, -0.1) is 0 Å². The van der Waals surface area contributed by atoms with Crippen molar-refractivity contribution in [3.8, 4) is 11.3 Å². The van der Waals surface area contributed by atoms with Gasteiger partial charge < -0.3 is 10.1 Å². The summed E-state index contributed by atoms with van der Waals surface area (Å²) in [6.45, 7) is 6.62. The number of methoxy groups -OCH3 is 1. The maximum atomic E-state index is 5.05. The molecule has 0 amide bonds. The van der Waals surface area contributed by atoms with Crippen molar-refractivity contribution in [1.29, 1.82) is 0 Å². The first kappa shape index (κ1) is 14.8. The van der Waals surface area contributed by atoms with Crippen molar-refractivity contribution in [3.05, 3.63) is 41.1 Å². The predicted molar refractivity (Wildman–Crippen MR) is 81.7 cm³/mol. The number of rotatable bonds is 6. The van der Waals surface area contributed by atoms with Gasteiger partial charge in [-0.3, -0.25) is 4.68 Å². The summed E-state index contributed by atoms with van der Waals surface area (Å²) < 4.78 is 6.93. The van der Waals surface area contributed by atoms with Gasteiger partial charge in [-0.25, -0.2) is 0 Å². The van der Waals surface area contributed by atoms with Gasteiger partial charge in [-0.1, -0.05) is 23.8 Å². The number of aromatic nitrogens is 2. The first-order valence-corrected chi connectivity index (χ1v) is 6.91. The number of hydrogen-bond donors (Lipinski definition) is 1. The summed E-state index contributed by atoms with van der Waals surface area (Å²) in [7, 11) is 3.68. The average Bonchev–Trinajstić information content (AvgIpc) is 2.76. The standard InChI is InChI=1S/C16H23N3O/c1-12-5-6-15(13(2)9-12)16-14(11-19(3)18-16)10-17-7-8-20-4/h5-6,9,11,17H,7-8,10H2,1-4H3. The van der Waals surface area contributed by atoms with Crippen molar-refractivity contribution in [2.75, 3.05) is 20.3 Å². The first-order valence-electron chi connectivity index (χ1n) is 6.91. The topological polar surface area (TPSA) is 39.1 Å². The van der Waals surface area contributed by atoms with Crippen LogP contribution in [0.5, 0.6) is 0 Å². The number of ether oxygens (including phenoxy) is 1. The van der Waals surface area contributed by atoms with Crippen molar-refractivity contribution >= 4 is 0 Å². The second-order valence-electron chi connectivity index (χ2n) is 5.16. The van der Waals surface area contributed by atoms with E-state index in [1.165, 1.54) is 22.3 Å². The van der Waals surface area contributed by atoms with Crippen molar-refractivity contribution in [3.63, 3.8) is 0 Å². The highest BCUT2D eigenvalue weighted by Crippen LogP contribution is 2.26. The first-order chi connectivity index (χ1) is 9.61. The van der Waals surface area contributed by atoms with E-state index in [1.54, 1.807) is 7.11 Å². The van der Waals surface area contributed by atoms with Gasteiger partial charge in [0.1, 0.15) is 0 Å². The lowest BCUT2D eigenvalue weighted by Crippen LogP contribution is -2.18. The van der Waals surface area contributed by atoms with Crippen molar-refractivity contribution < 1.29 is 4.74 Å².